The van der Waals surface area contributed by atoms with Crippen LogP contribution in [0.1, 0.15) is 12.8 Å². The maximum absolute atomic E-state index is 9.88. The van der Waals surface area contributed by atoms with Crippen LogP contribution in [0.2, 0.25) is 0 Å². The Morgan fingerprint density at radius 1 is 0.875 bits per heavy atom. The minimum atomic E-state index is -0.404. The summed E-state index contributed by atoms with van der Waals surface area (Å²) >= 11 is 0. The first-order chi connectivity index (χ1) is 7.84. The van der Waals surface area contributed by atoms with Crippen molar-refractivity contribution in [2.75, 3.05) is 39.6 Å². The second-order valence-corrected chi connectivity index (χ2v) is 4.26. The number of rotatable bonds is 4. The van der Waals surface area contributed by atoms with Crippen LogP contribution in [0, 0.1) is 0 Å². The minimum absolute atomic E-state index is 0.0215. The molecule has 5 nitrogen and oxygen atoms in total. The van der Waals surface area contributed by atoms with E-state index in [1.54, 1.807) is 0 Å². The smallest absolute Gasteiger partial charge is 0.0834 e. The molecule has 1 N–H and O–H groups in total. The monoisotopic (exact) mass is 232 g/mol. The van der Waals surface area contributed by atoms with Gasteiger partial charge in [0.1, 0.15) is 0 Å². The van der Waals surface area contributed by atoms with Crippen molar-refractivity contribution in [1.82, 2.24) is 0 Å². The maximum atomic E-state index is 9.88. The average molecular weight is 232 g/mol. The summed E-state index contributed by atoms with van der Waals surface area (Å²) < 4.78 is 21.5. The van der Waals surface area contributed by atoms with Crippen LogP contribution in [0.25, 0.3) is 0 Å². The number of ether oxygens (including phenoxy) is 4. The van der Waals surface area contributed by atoms with E-state index in [9.17, 15) is 5.11 Å². The largest absolute Gasteiger partial charge is 0.393 e. The molecule has 16 heavy (non-hydrogen) atoms. The number of hydrogen-bond donors (Lipinski definition) is 1. The van der Waals surface area contributed by atoms with Crippen LogP contribution in [-0.4, -0.2) is 63.1 Å². The third-order valence-electron chi connectivity index (χ3n) is 2.84. The fourth-order valence-corrected chi connectivity index (χ4v) is 2.05. The van der Waals surface area contributed by atoms with Gasteiger partial charge in [-0.2, -0.15) is 0 Å². The Labute approximate surface area is 95.6 Å². The molecule has 2 atom stereocenters. The zero-order chi connectivity index (χ0) is 11.2. The first-order valence-corrected chi connectivity index (χ1v) is 5.91. The normalized spacial score (nSPS) is 31.9. The summed E-state index contributed by atoms with van der Waals surface area (Å²) in [6.07, 6.45) is 0.861. The second kappa shape index (κ2) is 6.51. The lowest BCUT2D eigenvalue weighted by molar-refractivity contribution is -0.121. The molecule has 2 aliphatic heterocycles. The SMILES string of the molecule is OC(C[C@@H]1COCCO1)C[C@@H]1COCCO1. The molecule has 94 valence electrons. The Morgan fingerprint density at radius 3 is 1.75 bits per heavy atom. The lowest BCUT2D eigenvalue weighted by atomic mass is 10.1. The molecule has 0 aromatic rings. The first-order valence-electron chi connectivity index (χ1n) is 5.91. The molecule has 2 heterocycles. The molecular weight excluding hydrogens is 212 g/mol. The van der Waals surface area contributed by atoms with E-state index in [1.807, 2.05) is 0 Å². The molecule has 0 aromatic carbocycles. The van der Waals surface area contributed by atoms with Gasteiger partial charge in [0.25, 0.3) is 0 Å². The van der Waals surface area contributed by atoms with Crippen molar-refractivity contribution in [2.24, 2.45) is 0 Å². The Kier molecular flexibility index (Phi) is 4.99. The van der Waals surface area contributed by atoms with Crippen LogP contribution in [0.5, 0.6) is 0 Å². The molecule has 2 fully saturated rings. The lowest BCUT2D eigenvalue weighted by Gasteiger charge is -2.28. The van der Waals surface area contributed by atoms with E-state index in [1.165, 1.54) is 0 Å². The van der Waals surface area contributed by atoms with E-state index in [2.05, 4.69) is 0 Å². The van der Waals surface area contributed by atoms with E-state index >= 15 is 0 Å². The predicted molar refractivity (Wildman–Crippen MR) is 56.4 cm³/mol. The van der Waals surface area contributed by atoms with Crippen molar-refractivity contribution in [3.63, 3.8) is 0 Å². The number of aliphatic hydroxyl groups excluding tert-OH is 1. The van der Waals surface area contributed by atoms with Gasteiger partial charge in [-0.3, -0.25) is 0 Å². The number of hydrogen-bond acceptors (Lipinski definition) is 5. The highest BCUT2D eigenvalue weighted by Crippen LogP contribution is 2.14. The van der Waals surface area contributed by atoms with Gasteiger partial charge in [-0.05, 0) is 0 Å². The zero-order valence-electron chi connectivity index (χ0n) is 9.47. The van der Waals surface area contributed by atoms with Gasteiger partial charge in [0.05, 0.1) is 58.0 Å². The lowest BCUT2D eigenvalue weighted by Crippen LogP contribution is -2.36. The molecule has 0 amide bonds. The van der Waals surface area contributed by atoms with Crippen molar-refractivity contribution < 1.29 is 24.1 Å². The fraction of sp³-hybridized carbons (Fsp3) is 1.00. The van der Waals surface area contributed by atoms with Crippen LogP contribution in [0.15, 0.2) is 0 Å². The summed E-state index contributed by atoms with van der Waals surface area (Å²) in [7, 11) is 0. The van der Waals surface area contributed by atoms with Crippen molar-refractivity contribution in [3.05, 3.63) is 0 Å². The second-order valence-electron chi connectivity index (χ2n) is 4.26. The third-order valence-corrected chi connectivity index (χ3v) is 2.84. The summed E-state index contributed by atoms with van der Waals surface area (Å²) in [6.45, 7) is 3.73. The maximum Gasteiger partial charge on any atom is 0.0834 e. The summed E-state index contributed by atoms with van der Waals surface area (Å²) in [5.41, 5.74) is 0. The molecular formula is C11H20O5. The van der Waals surface area contributed by atoms with Crippen molar-refractivity contribution in [3.8, 4) is 0 Å². The van der Waals surface area contributed by atoms with Crippen molar-refractivity contribution in [1.29, 1.82) is 0 Å². The van der Waals surface area contributed by atoms with Crippen LogP contribution in [-0.2, 0) is 18.9 Å². The van der Waals surface area contributed by atoms with Gasteiger partial charge in [-0.15, -0.1) is 0 Å². The van der Waals surface area contributed by atoms with Crippen LogP contribution >= 0.6 is 0 Å². The van der Waals surface area contributed by atoms with Gasteiger partial charge < -0.3 is 24.1 Å². The van der Waals surface area contributed by atoms with Crippen LogP contribution in [0.4, 0.5) is 0 Å². The Bertz CT molecular complexity index is 167. The van der Waals surface area contributed by atoms with Gasteiger partial charge in [-0.25, -0.2) is 0 Å². The molecule has 0 spiro atoms. The van der Waals surface area contributed by atoms with E-state index in [0.717, 1.165) is 0 Å². The van der Waals surface area contributed by atoms with Gasteiger partial charge in [0.2, 0.25) is 0 Å². The molecule has 2 rings (SSSR count). The highest BCUT2D eigenvalue weighted by Gasteiger charge is 2.23. The van der Waals surface area contributed by atoms with Gasteiger partial charge in [-0.1, -0.05) is 0 Å². The standard InChI is InChI=1S/C11H20O5/c12-9(5-10-7-13-1-3-15-10)6-11-8-14-2-4-16-11/h9-12H,1-8H2/t10-,11-/m1/s1. The Morgan fingerprint density at radius 2 is 1.38 bits per heavy atom. The summed E-state index contributed by atoms with van der Waals surface area (Å²) in [5, 5.41) is 9.88. The fourth-order valence-electron chi connectivity index (χ4n) is 2.05. The highest BCUT2D eigenvalue weighted by atomic mass is 16.6. The van der Waals surface area contributed by atoms with Crippen LogP contribution < -0.4 is 0 Å². The quantitative estimate of drug-likeness (QED) is 0.737. The van der Waals surface area contributed by atoms with Crippen molar-refractivity contribution in [2.45, 2.75) is 31.2 Å². The molecule has 5 heteroatoms. The molecule has 0 saturated carbocycles. The van der Waals surface area contributed by atoms with E-state index in [0.29, 0.717) is 52.5 Å². The van der Waals surface area contributed by atoms with Crippen LogP contribution in [0.3, 0.4) is 0 Å². The zero-order valence-corrected chi connectivity index (χ0v) is 9.47. The third kappa shape index (κ3) is 3.99. The Balaban J connectivity index is 1.64. The Hall–Kier alpha value is -0.200. The van der Waals surface area contributed by atoms with Gasteiger partial charge >= 0.3 is 0 Å². The highest BCUT2D eigenvalue weighted by molar-refractivity contribution is 4.72. The van der Waals surface area contributed by atoms with E-state index in [4.69, 9.17) is 18.9 Å². The summed E-state index contributed by atoms with van der Waals surface area (Å²) in [4.78, 5) is 0. The molecule has 0 aliphatic carbocycles. The summed E-state index contributed by atoms with van der Waals surface area (Å²) in [5.74, 6) is 0. The average Bonchev–Trinajstić information content (AvgIpc) is 2.31. The molecule has 0 bridgehead atoms. The van der Waals surface area contributed by atoms with Gasteiger partial charge in [0, 0.05) is 12.8 Å². The molecule has 2 saturated heterocycles. The van der Waals surface area contributed by atoms with Crippen molar-refractivity contribution >= 4 is 0 Å². The van der Waals surface area contributed by atoms with Gasteiger partial charge in [0.15, 0.2) is 0 Å². The predicted octanol–water partition coefficient (Wildman–Crippen LogP) is -0.0417. The van der Waals surface area contributed by atoms with E-state index < -0.39 is 6.10 Å². The summed E-state index contributed by atoms with van der Waals surface area (Å²) in [6, 6.07) is 0. The topological polar surface area (TPSA) is 57.2 Å². The molecule has 0 unspecified atom stereocenters. The van der Waals surface area contributed by atoms with E-state index in [-0.39, 0.29) is 12.2 Å². The first kappa shape index (κ1) is 12.3. The molecule has 2 aliphatic rings. The molecule has 0 aromatic heterocycles. The molecule has 0 radical (unpaired) electrons. The minimum Gasteiger partial charge on any atom is -0.393 e. The number of aliphatic hydroxyl groups is 1.